The van der Waals surface area contributed by atoms with E-state index in [1.165, 1.54) is 0 Å². The first-order valence-corrected chi connectivity index (χ1v) is 8.49. The molecule has 1 aliphatic heterocycles. The van der Waals surface area contributed by atoms with Crippen molar-refractivity contribution >= 4 is 23.2 Å². The number of carbonyl (C=O) groups is 2. The van der Waals surface area contributed by atoms with Crippen LogP contribution in [0, 0.1) is 0 Å². The maximum atomic E-state index is 12.3. The lowest BCUT2D eigenvalue weighted by atomic mass is 10.1. The number of benzene rings is 2. The van der Waals surface area contributed by atoms with Crippen molar-refractivity contribution in [3.8, 4) is 5.75 Å². The van der Waals surface area contributed by atoms with Crippen LogP contribution in [0.3, 0.4) is 0 Å². The molecule has 0 bridgehead atoms. The van der Waals surface area contributed by atoms with Gasteiger partial charge in [-0.3, -0.25) is 9.59 Å². The van der Waals surface area contributed by atoms with E-state index in [9.17, 15) is 9.59 Å². The molecule has 2 aromatic carbocycles. The molecular weight excluding hydrogens is 316 g/mol. The van der Waals surface area contributed by atoms with Gasteiger partial charge in [0, 0.05) is 24.3 Å². The number of methoxy groups -OCH3 is 1. The van der Waals surface area contributed by atoms with E-state index < -0.39 is 0 Å². The van der Waals surface area contributed by atoms with Crippen molar-refractivity contribution in [2.45, 2.75) is 25.7 Å². The van der Waals surface area contributed by atoms with E-state index in [0.717, 1.165) is 36.4 Å². The Morgan fingerprint density at radius 1 is 1.16 bits per heavy atom. The van der Waals surface area contributed by atoms with Gasteiger partial charge in [0.15, 0.2) is 0 Å². The zero-order chi connectivity index (χ0) is 17.6. The van der Waals surface area contributed by atoms with Crippen molar-refractivity contribution in [1.82, 2.24) is 0 Å². The van der Waals surface area contributed by atoms with Gasteiger partial charge in [0.1, 0.15) is 5.75 Å². The molecule has 5 nitrogen and oxygen atoms in total. The minimum absolute atomic E-state index is 0.102. The molecule has 2 aromatic rings. The maximum Gasteiger partial charge on any atom is 0.228 e. The van der Waals surface area contributed by atoms with Gasteiger partial charge < -0.3 is 15.0 Å². The van der Waals surface area contributed by atoms with Gasteiger partial charge in [-0.1, -0.05) is 18.2 Å². The Bertz CT molecular complexity index is 773. The highest BCUT2D eigenvalue weighted by molar-refractivity contribution is 5.96. The van der Waals surface area contributed by atoms with Crippen molar-refractivity contribution in [3.63, 3.8) is 0 Å². The van der Waals surface area contributed by atoms with Crippen molar-refractivity contribution < 1.29 is 14.3 Å². The topological polar surface area (TPSA) is 58.6 Å². The molecule has 25 heavy (non-hydrogen) atoms. The quantitative estimate of drug-likeness (QED) is 0.909. The van der Waals surface area contributed by atoms with Crippen LogP contribution in [0.15, 0.2) is 48.5 Å². The van der Waals surface area contributed by atoms with E-state index in [-0.39, 0.29) is 18.2 Å². The summed E-state index contributed by atoms with van der Waals surface area (Å²) in [4.78, 5) is 26.2. The molecule has 0 aromatic heterocycles. The zero-order valence-corrected chi connectivity index (χ0v) is 14.3. The molecule has 1 heterocycles. The number of nitrogens with zero attached hydrogens (tertiary/aromatic N) is 1. The van der Waals surface area contributed by atoms with Crippen LogP contribution in [-0.4, -0.2) is 25.5 Å². The Morgan fingerprint density at radius 3 is 2.80 bits per heavy atom. The number of rotatable bonds is 5. The molecule has 0 radical (unpaired) electrons. The fourth-order valence-electron chi connectivity index (χ4n) is 3.00. The monoisotopic (exact) mass is 338 g/mol. The standard InChI is InChI=1S/C20H22N2O3/c1-25-18-9-4-6-15(12-18)13-19(23)21-16-7-5-8-17(14-16)22-11-3-2-10-20(22)24/h4-9,12,14H,2-3,10-11,13H2,1H3,(H,21,23). The van der Waals surface area contributed by atoms with E-state index in [2.05, 4.69) is 5.32 Å². The molecule has 3 rings (SSSR count). The molecule has 1 N–H and O–H groups in total. The molecule has 0 spiro atoms. The van der Waals surface area contributed by atoms with Gasteiger partial charge in [0.05, 0.1) is 13.5 Å². The Hall–Kier alpha value is -2.82. The lowest BCUT2D eigenvalue weighted by Gasteiger charge is -2.27. The molecule has 0 saturated carbocycles. The first-order valence-electron chi connectivity index (χ1n) is 8.49. The molecule has 130 valence electrons. The summed E-state index contributed by atoms with van der Waals surface area (Å²) in [6.45, 7) is 0.736. The van der Waals surface area contributed by atoms with Crippen molar-refractivity contribution in [1.29, 1.82) is 0 Å². The van der Waals surface area contributed by atoms with Gasteiger partial charge in [-0.25, -0.2) is 0 Å². The average Bonchev–Trinajstić information content (AvgIpc) is 2.62. The molecule has 1 aliphatic rings. The predicted octanol–water partition coefficient (Wildman–Crippen LogP) is 3.39. The summed E-state index contributed by atoms with van der Waals surface area (Å²) >= 11 is 0. The largest absolute Gasteiger partial charge is 0.497 e. The highest BCUT2D eigenvalue weighted by Crippen LogP contribution is 2.24. The second kappa shape index (κ2) is 7.83. The van der Waals surface area contributed by atoms with Gasteiger partial charge >= 0.3 is 0 Å². The average molecular weight is 338 g/mol. The molecule has 0 aliphatic carbocycles. The Balaban J connectivity index is 1.67. The summed E-state index contributed by atoms with van der Waals surface area (Å²) in [6.07, 6.45) is 2.82. The predicted molar refractivity (Wildman–Crippen MR) is 98.0 cm³/mol. The van der Waals surface area contributed by atoms with E-state index >= 15 is 0 Å². The summed E-state index contributed by atoms with van der Waals surface area (Å²) in [5.41, 5.74) is 2.42. The summed E-state index contributed by atoms with van der Waals surface area (Å²) in [5, 5.41) is 2.90. The number of carbonyl (C=O) groups excluding carboxylic acids is 2. The Labute approximate surface area is 147 Å². The second-order valence-electron chi connectivity index (χ2n) is 6.13. The van der Waals surface area contributed by atoms with Crippen molar-refractivity contribution in [3.05, 3.63) is 54.1 Å². The third kappa shape index (κ3) is 4.38. The number of amides is 2. The summed E-state index contributed by atoms with van der Waals surface area (Å²) in [7, 11) is 1.60. The normalized spacial score (nSPS) is 14.3. The molecule has 0 atom stereocenters. The number of hydrogen-bond acceptors (Lipinski definition) is 3. The minimum Gasteiger partial charge on any atom is -0.497 e. The number of ether oxygens (including phenoxy) is 1. The molecule has 1 fully saturated rings. The molecular formula is C20H22N2O3. The van der Waals surface area contributed by atoms with Crippen molar-refractivity contribution in [2.75, 3.05) is 23.9 Å². The first-order chi connectivity index (χ1) is 12.2. The third-order valence-electron chi connectivity index (χ3n) is 4.26. The van der Waals surface area contributed by atoms with E-state index in [1.807, 2.05) is 48.5 Å². The maximum absolute atomic E-state index is 12.3. The Morgan fingerprint density at radius 2 is 2.00 bits per heavy atom. The fraction of sp³-hybridized carbons (Fsp3) is 0.300. The fourth-order valence-corrected chi connectivity index (χ4v) is 3.00. The van der Waals surface area contributed by atoms with Crippen LogP contribution in [0.25, 0.3) is 0 Å². The number of hydrogen-bond donors (Lipinski definition) is 1. The lowest BCUT2D eigenvalue weighted by molar-refractivity contribution is -0.119. The highest BCUT2D eigenvalue weighted by atomic mass is 16.5. The van der Waals surface area contributed by atoms with E-state index in [0.29, 0.717) is 12.1 Å². The lowest BCUT2D eigenvalue weighted by Crippen LogP contribution is -2.35. The van der Waals surface area contributed by atoms with Crippen LogP contribution in [0.1, 0.15) is 24.8 Å². The van der Waals surface area contributed by atoms with E-state index in [4.69, 9.17) is 4.74 Å². The smallest absolute Gasteiger partial charge is 0.228 e. The number of piperidine rings is 1. The molecule has 1 saturated heterocycles. The van der Waals surface area contributed by atoms with Gasteiger partial charge in [-0.2, -0.15) is 0 Å². The van der Waals surface area contributed by atoms with Gasteiger partial charge in [-0.15, -0.1) is 0 Å². The van der Waals surface area contributed by atoms with Crippen LogP contribution in [-0.2, 0) is 16.0 Å². The van der Waals surface area contributed by atoms with Crippen LogP contribution < -0.4 is 15.0 Å². The van der Waals surface area contributed by atoms with Crippen LogP contribution >= 0.6 is 0 Å². The Kier molecular flexibility index (Phi) is 5.33. The first kappa shape index (κ1) is 17.0. The summed E-state index contributed by atoms with van der Waals surface area (Å²) in [5.74, 6) is 0.775. The van der Waals surface area contributed by atoms with Gasteiger partial charge in [0.2, 0.25) is 11.8 Å². The van der Waals surface area contributed by atoms with Gasteiger partial charge in [-0.05, 0) is 48.7 Å². The number of nitrogens with one attached hydrogen (secondary N) is 1. The zero-order valence-electron chi connectivity index (χ0n) is 14.3. The molecule has 2 amide bonds. The summed E-state index contributed by atoms with van der Waals surface area (Å²) < 4.78 is 5.18. The second-order valence-corrected chi connectivity index (χ2v) is 6.13. The summed E-state index contributed by atoms with van der Waals surface area (Å²) in [6, 6.07) is 14.9. The highest BCUT2D eigenvalue weighted by Gasteiger charge is 2.19. The van der Waals surface area contributed by atoms with E-state index in [1.54, 1.807) is 12.0 Å². The van der Waals surface area contributed by atoms with Crippen molar-refractivity contribution in [2.24, 2.45) is 0 Å². The minimum atomic E-state index is -0.102. The van der Waals surface area contributed by atoms with Crippen LogP contribution in [0.4, 0.5) is 11.4 Å². The van der Waals surface area contributed by atoms with Crippen LogP contribution in [0.5, 0.6) is 5.75 Å². The SMILES string of the molecule is COc1cccc(CC(=O)Nc2cccc(N3CCCCC3=O)c2)c1. The third-order valence-corrected chi connectivity index (χ3v) is 4.26. The molecule has 5 heteroatoms. The number of anilines is 2. The van der Waals surface area contributed by atoms with Gasteiger partial charge in [0.25, 0.3) is 0 Å². The molecule has 0 unspecified atom stereocenters. The van der Waals surface area contributed by atoms with Crippen LogP contribution in [0.2, 0.25) is 0 Å².